The highest BCUT2D eigenvalue weighted by Crippen LogP contribution is 2.18. The second-order valence-electron chi connectivity index (χ2n) is 9.48. The van der Waals surface area contributed by atoms with Crippen molar-refractivity contribution in [3.63, 3.8) is 0 Å². The first kappa shape index (κ1) is 30.0. The number of hydrogen-bond donors (Lipinski definition) is 2. The standard InChI is InChI=1S/C17H15N3O2.C17H15N3OS/c1-22-15-7-3-2-5-13(15)11-19-17(21)14-9-8-12-6-4-10-18-16(12)20-14;1-21-15-7-3-2-5-13(15)11-19-17(22)14-9-8-12-6-4-10-18-16(12)20-14/h2-10H,11H2,1H3,(H,19,21);2-10H,11H2,1H3,(H,19,22). The number of fused-ring (bicyclic) bond motifs is 2. The van der Waals surface area contributed by atoms with Crippen LogP contribution < -0.4 is 20.1 Å². The fraction of sp³-hybridized carbons (Fsp3) is 0.118. The van der Waals surface area contributed by atoms with E-state index in [4.69, 9.17) is 21.7 Å². The minimum absolute atomic E-state index is 0.238. The van der Waals surface area contributed by atoms with Gasteiger partial charge in [0.1, 0.15) is 22.2 Å². The van der Waals surface area contributed by atoms with Gasteiger partial charge in [0.05, 0.1) is 19.9 Å². The lowest BCUT2D eigenvalue weighted by atomic mass is 10.2. The van der Waals surface area contributed by atoms with Gasteiger partial charge in [0, 0.05) is 47.4 Å². The Kier molecular flexibility index (Phi) is 9.96. The Morgan fingerprint density at radius 1 is 0.636 bits per heavy atom. The van der Waals surface area contributed by atoms with E-state index in [9.17, 15) is 4.79 Å². The van der Waals surface area contributed by atoms with Crippen LogP contribution in [0.4, 0.5) is 0 Å². The third-order valence-corrected chi connectivity index (χ3v) is 7.01. The zero-order valence-electron chi connectivity index (χ0n) is 24.2. The van der Waals surface area contributed by atoms with Crippen LogP contribution in [0.1, 0.15) is 27.3 Å². The van der Waals surface area contributed by atoms with Crippen LogP contribution in [0.2, 0.25) is 0 Å². The molecule has 44 heavy (non-hydrogen) atoms. The highest BCUT2D eigenvalue weighted by molar-refractivity contribution is 7.80. The van der Waals surface area contributed by atoms with Crippen LogP contribution in [0.5, 0.6) is 11.5 Å². The molecule has 2 aromatic carbocycles. The molecule has 0 saturated heterocycles. The first-order chi connectivity index (χ1) is 21.6. The number of hydrogen-bond acceptors (Lipinski definition) is 8. The molecule has 0 aliphatic carbocycles. The lowest BCUT2D eigenvalue weighted by Gasteiger charge is -2.11. The van der Waals surface area contributed by atoms with Gasteiger partial charge in [-0.1, -0.05) is 48.6 Å². The molecule has 0 radical (unpaired) electrons. The highest BCUT2D eigenvalue weighted by atomic mass is 32.1. The Morgan fingerprint density at radius 3 is 1.70 bits per heavy atom. The number of rotatable bonds is 8. The van der Waals surface area contributed by atoms with Gasteiger partial charge in [-0.2, -0.15) is 0 Å². The number of pyridine rings is 4. The molecule has 0 bridgehead atoms. The number of carbonyl (C=O) groups is 1. The number of aromatic nitrogens is 4. The topological polar surface area (TPSA) is 111 Å². The molecule has 10 heteroatoms. The number of para-hydroxylation sites is 2. The summed E-state index contributed by atoms with van der Waals surface area (Å²) in [7, 11) is 3.27. The Bertz CT molecular complexity index is 1780. The normalized spacial score (nSPS) is 10.4. The first-order valence-electron chi connectivity index (χ1n) is 13.8. The highest BCUT2D eigenvalue weighted by Gasteiger charge is 2.10. The average molecular weight is 603 g/mol. The van der Waals surface area contributed by atoms with E-state index < -0.39 is 0 Å². The van der Waals surface area contributed by atoms with E-state index in [2.05, 4.69) is 30.6 Å². The Labute approximate surface area is 260 Å². The van der Waals surface area contributed by atoms with Crippen molar-refractivity contribution in [1.82, 2.24) is 30.6 Å². The Morgan fingerprint density at radius 2 is 1.14 bits per heavy atom. The molecule has 2 N–H and O–H groups in total. The maximum Gasteiger partial charge on any atom is 0.270 e. The van der Waals surface area contributed by atoms with Crippen molar-refractivity contribution in [2.75, 3.05) is 14.2 Å². The van der Waals surface area contributed by atoms with E-state index in [0.717, 1.165) is 39.1 Å². The largest absolute Gasteiger partial charge is 0.496 e. The number of nitrogens with one attached hydrogen (secondary N) is 2. The van der Waals surface area contributed by atoms with Crippen LogP contribution in [0.25, 0.3) is 22.1 Å². The molecule has 0 aliphatic heterocycles. The van der Waals surface area contributed by atoms with E-state index in [1.54, 1.807) is 32.7 Å². The Hall–Kier alpha value is -5.48. The van der Waals surface area contributed by atoms with Crippen LogP contribution in [0, 0.1) is 0 Å². The molecule has 0 spiro atoms. The zero-order valence-corrected chi connectivity index (χ0v) is 25.0. The Balaban J connectivity index is 0.000000175. The number of ether oxygens (including phenoxy) is 2. The van der Waals surface area contributed by atoms with Gasteiger partial charge in [-0.3, -0.25) is 4.79 Å². The molecule has 6 rings (SSSR count). The molecular weight excluding hydrogens is 572 g/mol. The third-order valence-electron chi connectivity index (χ3n) is 6.66. The molecule has 9 nitrogen and oxygen atoms in total. The van der Waals surface area contributed by atoms with Gasteiger partial charge in [0.2, 0.25) is 0 Å². The van der Waals surface area contributed by atoms with Crippen LogP contribution in [0.15, 0.2) is 109 Å². The van der Waals surface area contributed by atoms with Crippen molar-refractivity contribution < 1.29 is 14.3 Å². The molecule has 0 unspecified atom stereocenters. The van der Waals surface area contributed by atoms with Crippen molar-refractivity contribution in [2.45, 2.75) is 13.1 Å². The zero-order chi connectivity index (χ0) is 30.7. The number of amides is 1. The molecule has 0 atom stereocenters. The van der Waals surface area contributed by atoms with Crippen molar-refractivity contribution in [2.24, 2.45) is 0 Å². The minimum atomic E-state index is -0.238. The SMILES string of the molecule is COc1ccccc1CNC(=O)c1ccc2cccnc2n1.COc1ccccc1CNC(=S)c1ccc2cccnc2n1. The molecular formula is C34H30N6O3S. The summed E-state index contributed by atoms with van der Waals surface area (Å²) in [5.41, 5.74) is 4.29. The number of methoxy groups -OCH3 is 2. The predicted molar refractivity (Wildman–Crippen MR) is 175 cm³/mol. The fourth-order valence-corrected chi connectivity index (χ4v) is 4.57. The van der Waals surface area contributed by atoms with Crippen LogP contribution in [0.3, 0.4) is 0 Å². The summed E-state index contributed by atoms with van der Waals surface area (Å²) in [4.78, 5) is 30.0. The lowest BCUT2D eigenvalue weighted by molar-refractivity contribution is 0.0946. The number of benzene rings is 2. The maximum absolute atomic E-state index is 12.2. The van der Waals surface area contributed by atoms with Gasteiger partial charge in [-0.05, 0) is 60.7 Å². The number of carbonyl (C=O) groups excluding carboxylic acids is 1. The predicted octanol–water partition coefficient (Wildman–Crippen LogP) is 5.67. The fourth-order valence-electron chi connectivity index (χ4n) is 4.39. The summed E-state index contributed by atoms with van der Waals surface area (Å²) in [5, 5.41) is 7.97. The lowest BCUT2D eigenvalue weighted by Crippen LogP contribution is -2.24. The van der Waals surface area contributed by atoms with Crippen molar-refractivity contribution in [1.29, 1.82) is 0 Å². The number of nitrogens with zero attached hydrogens (tertiary/aromatic N) is 4. The van der Waals surface area contributed by atoms with E-state index in [1.165, 1.54) is 0 Å². The molecule has 1 amide bonds. The summed E-state index contributed by atoms with van der Waals surface area (Å²) >= 11 is 5.42. The van der Waals surface area contributed by atoms with Gasteiger partial charge in [-0.25, -0.2) is 19.9 Å². The molecule has 0 saturated carbocycles. The maximum atomic E-state index is 12.2. The molecule has 4 heterocycles. The summed E-state index contributed by atoms with van der Waals surface area (Å²) in [6, 6.07) is 30.4. The van der Waals surface area contributed by atoms with E-state index in [0.29, 0.717) is 35.1 Å². The van der Waals surface area contributed by atoms with Crippen LogP contribution in [-0.4, -0.2) is 45.1 Å². The molecule has 220 valence electrons. The van der Waals surface area contributed by atoms with Gasteiger partial charge >= 0.3 is 0 Å². The molecule has 4 aromatic heterocycles. The third kappa shape index (κ3) is 7.47. The average Bonchev–Trinajstić information content (AvgIpc) is 3.09. The van der Waals surface area contributed by atoms with Gasteiger partial charge in [0.25, 0.3) is 5.91 Å². The van der Waals surface area contributed by atoms with E-state index in [1.807, 2.05) is 91.0 Å². The number of thiocarbonyl (C=S) groups is 1. The minimum Gasteiger partial charge on any atom is -0.496 e. The van der Waals surface area contributed by atoms with Gasteiger partial charge in [-0.15, -0.1) is 0 Å². The van der Waals surface area contributed by atoms with Gasteiger partial charge in [0.15, 0.2) is 11.3 Å². The quantitative estimate of drug-likeness (QED) is 0.213. The van der Waals surface area contributed by atoms with Crippen molar-refractivity contribution >= 4 is 45.2 Å². The first-order valence-corrected chi connectivity index (χ1v) is 14.2. The van der Waals surface area contributed by atoms with Gasteiger partial charge < -0.3 is 20.1 Å². The summed E-state index contributed by atoms with van der Waals surface area (Å²) < 4.78 is 10.6. The van der Waals surface area contributed by atoms with Crippen LogP contribution in [-0.2, 0) is 13.1 Å². The molecule has 6 aromatic rings. The second kappa shape index (κ2) is 14.6. The second-order valence-corrected chi connectivity index (χ2v) is 9.89. The van der Waals surface area contributed by atoms with E-state index in [-0.39, 0.29) is 5.91 Å². The summed E-state index contributed by atoms with van der Waals surface area (Å²) in [5.74, 6) is 1.35. The summed E-state index contributed by atoms with van der Waals surface area (Å²) in [6.45, 7) is 0.968. The summed E-state index contributed by atoms with van der Waals surface area (Å²) in [6.07, 6.45) is 3.39. The van der Waals surface area contributed by atoms with Crippen molar-refractivity contribution in [3.8, 4) is 11.5 Å². The van der Waals surface area contributed by atoms with E-state index >= 15 is 0 Å². The smallest absolute Gasteiger partial charge is 0.270 e. The van der Waals surface area contributed by atoms with Crippen LogP contribution >= 0.6 is 12.2 Å². The molecule has 0 fully saturated rings. The molecule has 0 aliphatic rings. The van der Waals surface area contributed by atoms with Crippen molar-refractivity contribution in [3.05, 3.63) is 132 Å². The monoisotopic (exact) mass is 602 g/mol.